The van der Waals surface area contributed by atoms with Gasteiger partial charge in [0.25, 0.3) is 0 Å². The van der Waals surface area contributed by atoms with Crippen molar-refractivity contribution in [2.75, 3.05) is 0 Å². The molecule has 0 heterocycles. The van der Waals surface area contributed by atoms with E-state index in [0.29, 0.717) is 0 Å². The molecule has 0 aliphatic carbocycles. The second kappa shape index (κ2) is 16.1. The average Bonchev–Trinajstić information content (AvgIpc) is 0. The molecule has 0 rings (SSSR count). The monoisotopic (exact) mass is 260 g/mol. The summed E-state index contributed by atoms with van der Waals surface area (Å²) in [6, 6.07) is 0. The Morgan fingerprint density at radius 3 is 1.00 bits per heavy atom. The number of rotatable bonds is 0. The molecular weight excluding hydrogens is 253 g/mol. The van der Waals surface area contributed by atoms with E-state index in [2.05, 4.69) is 0 Å². The molecule has 0 aromatic heterocycles. The zero-order chi connectivity index (χ0) is 0. The van der Waals surface area contributed by atoms with Crippen LogP contribution in [0.15, 0.2) is 0 Å². The predicted molar refractivity (Wildman–Crippen MR) is 16.3 cm³/mol. The van der Waals surface area contributed by atoms with Gasteiger partial charge in [0.2, 0.25) is 0 Å². The van der Waals surface area contributed by atoms with E-state index in [1.165, 1.54) is 0 Å². The second-order valence-corrected chi connectivity index (χ2v) is 0. The largest absolute Gasteiger partial charge is 2.00 e. The molecule has 0 bridgehead atoms. The summed E-state index contributed by atoms with van der Waals surface area (Å²) in [4.78, 5) is 0. The summed E-state index contributed by atoms with van der Waals surface area (Å²) in [5, 5.41) is 0. The van der Waals surface area contributed by atoms with Crippen molar-refractivity contribution in [3.63, 3.8) is 0 Å². The van der Waals surface area contributed by atoms with Crippen LogP contribution in [0.2, 0.25) is 0 Å². The zero-order valence-corrected chi connectivity index (χ0v) is 12.5. The molecular formula is H7CsO2Sr. The fourth-order valence-electron chi connectivity index (χ4n) is 0. The summed E-state index contributed by atoms with van der Waals surface area (Å²) in [7, 11) is 0. The molecule has 0 aromatic carbocycles. The van der Waals surface area contributed by atoms with Crippen LogP contribution in [0, 0.1) is 0 Å². The molecule has 0 aromatic rings. The van der Waals surface area contributed by atoms with E-state index in [4.69, 9.17) is 0 Å². The minimum atomic E-state index is 0. The SMILES string of the molecule is O.O.[Cs+].[H-].[H-].[H-].[Sr+2]. The van der Waals surface area contributed by atoms with Crippen molar-refractivity contribution in [2.45, 2.75) is 0 Å². The van der Waals surface area contributed by atoms with Crippen LogP contribution in [0.5, 0.6) is 0 Å². The minimum Gasteiger partial charge on any atom is -1.00 e. The van der Waals surface area contributed by atoms with Crippen LogP contribution in [-0.4, -0.2) is 56.4 Å². The zero-order valence-electron chi connectivity index (χ0n) is 5.71. The molecule has 0 saturated heterocycles. The molecule has 0 spiro atoms. The minimum absolute atomic E-state index is 0. The van der Waals surface area contributed by atoms with E-state index in [1.54, 1.807) is 0 Å². The van der Waals surface area contributed by atoms with Crippen LogP contribution >= 0.6 is 0 Å². The molecule has 0 atom stereocenters. The Hall–Kier alpha value is 3.45. The van der Waals surface area contributed by atoms with Gasteiger partial charge in [-0.3, -0.25) is 0 Å². The van der Waals surface area contributed by atoms with Gasteiger partial charge < -0.3 is 15.2 Å². The summed E-state index contributed by atoms with van der Waals surface area (Å²) >= 11 is 0. The van der Waals surface area contributed by atoms with Crippen molar-refractivity contribution in [3.8, 4) is 0 Å². The Bertz CT molecular complexity index is 12.9. The summed E-state index contributed by atoms with van der Waals surface area (Å²) in [5.74, 6) is 0. The van der Waals surface area contributed by atoms with Crippen LogP contribution < -0.4 is 68.9 Å². The summed E-state index contributed by atoms with van der Waals surface area (Å²) in [5.41, 5.74) is 0. The molecule has 2 nitrogen and oxygen atoms in total. The molecule has 0 saturated carbocycles. The molecule has 0 aliphatic heterocycles. The van der Waals surface area contributed by atoms with Crippen LogP contribution in [0.25, 0.3) is 0 Å². The molecule has 0 aliphatic rings. The van der Waals surface area contributed by atoms with Gasteiger partial charge in [-0.05, 0) is 0 Å². The normalized spacial score (nSPS) is 0. The molecule has 4 N–H and O–H groups in total. The van der Waals surface area contributed by atoms with Gasteiger partial charge in [-0.2, -0.15) is 0 Å². The van der Waals surface area contributed by atoms with E-state index < -0.39 is 0 Å². The summed E-state index contributed by atoms with van der Waals surface area (Å²) in [6.45, 7) is 0. The van der Waals surface area contributed by atoms with Gasteiger partial charge >= 0.3 is 114 Å². The number of hydrogen-bond donors (Lipinski definition) is 0. The van der Waals surface area contributed by atoms with Gasteiger partial charge in [0.15, 0.2) is 0 Å². The van der Waals surface area contributed by atoms with E-state index in [1.807, 2.05) is 0 Å². The average molecular weight is 260 g/mol. The van der Waals surface area contributed by atoms with Gasteiger partial charge in [0.1, 0.15) is 0 Å². The van der Waals surface area contributed by atoms with Crippen LogP contribution in [0.1, 0.15) is 4.28 Å². The van der Waals surface area contributed by atoms with Crippen molar-refractivity contribution in [1.29, 1.82) is 0 Å². The topological polar surface area (TPSA) is 63.0 Å². The first-order chi connectivity index (χ1) is 0. The van der Waals surface area contributed by atoms with Crippen molar-refractivity contribution >= 4 is 45.5 Å². The maximum atomic E-state index is 0. The van der Waals surface area contributed by atoms with Gasteiger partial charge in [-0.25, -0.2) is 0 Å². The van der Waals surface area contributed by atoms with E-state index in [0.717, 1.165) is 0 Å². The smallest absolute Gasteiger partial charge is 1.00 e. The second-order valence-electron chi connectivity index (χ2n) is 0. The standard InChI is InChI=1S/Cs.2H2O.Sr.3H/h;2*1H2;;;;/q+1;;;+2;3*-1. The Labute approximate surface area is 125 Å². The fraction of sp³-hybridized carbons (Fsp3) is 0. The van der Waals surface area contributed by atoms with E-state index in [-0.39, 0.29) is 130 Å². The maximum absolute atomic E-state index is 0. The first-order valence-electron chi connectivity index (χ1n) is 0. The molecule has 0 fully saturated rings. The summed E-state index contributed by atoms with van der Waals surface area (Å²) in [6.07, 6.45) is 0. The first-order valence-corrected chi connectivity index (χ1v) is 0. The molecule has 22 valence electrons. The van der Waals surface area contributed by atoms with Crippen molar-refractivity contribution < 1.29 is 84.1 Å². The first kappa shape index (κ1) is 26.0. The van der Waals surface area contributed by atoms with Gasteiger partial charge in [-0.1, -0.05) is 0 Å². The molecule has 4 heteroatoms. The van der Waals surface area contributed by atoms with Crippen molar-refractivity contribution in [1.82, 2.24) is 0 Å². The number of hydrogen-bond acceptors (Lipinski definition) is 0. The Morgan fingerprint density at radius 1 is 1.00 bits per heavy atom. The molecule has 0 unspecified atom stereocenters. The molecule has 0 radical (unpaired) electrons. The third kappa shape index (κ3) is 9.07. The van der Waals surface area contributed by atoms with E-state index >= 15 is 0 Å². The quantitative estimate of drug-likeness (QED) is 0.393. The Morgan fingerprint density at radius 2 is 1.00 bits per heavy atom. The van der Waals surface area contributed by atoms with Gasteiger partial charge in [0.05, 0.1) is 0 Å². The van der Waals surface area contributed by atoms with Crippen LogP contribution in [0.4, 0.5) is 0 Å². The van der Waals surface area contributed by atoms with Gasteiger partial charge in [-0.15, -0.1) is 0 Å². The molecule has 0 amide bonds. The molecule has 4 heavy (non-hydrogen) atoms. The Balaban J connectivity index is 0. The van der Waals surface area contributed by atoms with Crippen LogP contribution in [-0.2, 0) is 0 Å². The predicted octanol–water partition coefficient (Wildman–Crippen LogP) is -4.69. The maximum Gasteiger partial charge on any atom is 2.00 e. The fourth-order valence-corrected chi connectivity index (χ4v) is 0. The third-order valence-corrected chi connectivity index (χ3v) is 0. The van der Waals surface area contributed by atoms with Crippen LogP contribution in [0.3, 0.4) is 0 Å². The van der Waals surface area contributed by atoms with E-state index in [9.17, 15) is 0 Å². The third-order valence-electron chi connectivity index (χ3n) is 0. The van der Waals surface area contributed by atoms with Gasteiger partial charge in [0, 0.05) is 0 Å². The summed E-state index contributed by atoms with van der Waals surface area (Å²) < 4.78 is 0. The van der Waals surface area contributed by atoms with Crippen molar-refractivity contribution in [3.05, 3.63) is 0 Å². The van der Waals surface area contributed by atoms with Crippen molar-refractivity contribution in [2.24, 2.45) is 0 Å². The Kier molecular flexibility index (Phi) is 105.